The molecule has 11 nitrogen and oxygen atoms in total. The van der Waals surface area contributed by atoms with Crippen LogP contribution in [0.15, 0.2) is 119 Å². The number of nitrogens with zero attached hydrogens (tertiary/aromatic N) is 7. The number of nitriles is 4. The molecule has 0 spiro atoms. The molecule has 53 heavy (non-hydrogen) atoms. The van der Waals surface area contributed by atoms with Crippen molar-refractivity contribution in [3.05, 3.63) is 104 Å². The van der Waals surface area contributed by atoms with Gasteiger partial charge in [-0.1, -0.05) is 26.0 Å². The number of esters is 1. The van der Waals surface area contributed by atoms with Crippen LogP contribution in [0.1, 0.15) is 66.7 Å². The smallest absolute Gasteiger partial charge is 0.305 e. The van der Waals surface area contributed by atoms with Gasteiger partial charge in [0.25, 0.3) is 0 Å². The highest BCUT2D eigenvalue weighted by molar-refractivity contribution is 6.21. The molecule has 5 heterocycles. The standard InChI is InChI=1S/C42H38N8O3/c1-7-25-21(2)29-16-34-37(28-9-8-12-41(17-43,18-44)42(28,19-45)20-46)23(4)31(48-34)14-30-22(3)26(10-11-36(52)53-6)39(49-30)27-13-35(51)38-24(5)32(50-40(27)38)15-33(25)47-29/h8-9,14-16,22,26,28,49,51H,7,10-13H2,1-6H3/t22-,26-,28?/m0/s1. The highest BCUT2D eigenvalue weighted by atomic mass is 16.5. The number of rotatable bonds is 5. The Morgan fingerprint density at radius 2 is 1.68 bits per heavy atom. The first-order chi connectivity index (χ1) is 25.4. The summed E-state index contributed by atoms with van der Waals surface area (Å²) in [6.07, 6.45) is 10.9. The van der Waals surface area contributed by atoms with Gasteiger partial charge in [0, 0.05) is 53.1 Å². The van der Waals surface area contributed by atoms with Crippen molar-refractivity contribution in [3.63, 3.8) is 0 Å². The van der Waals surface area contributed by atoms with Crippen molar-refractivity contribution < 1.29 is 14.6 Å². The van der Waals surface area contributed by atoms with Gasteiger partial charge in [0.2, 0.25) is 0 Å². The summed E-state index contributed by atoms with van der Waals surface area (Å²) in [6.45, 7) is 9.97. The Morgan fingerprint density at radius 3 is 2.34 bits per heavy atom. The number of aliphatic hydroxyl groups is 1. The van der Waals surface area contributed by atoms with Crippen LogP contribution >= 0.6 is 0 Å². The van der Waals surface area contributed by atoms with Gasteiger partial charge in [0.15, 0.2) is 10.8 Å². The number of carbonyl (C=O) groups is 1. The largest absolute Gasteiger partial charge is 0.511 e. The molecule has 7 aliphatic rings. The van der Waals surface area contributed by atoms with Crippen molar-refractivity contribution in [2.75, 3.05) is 7.11 Å². The fourth-order valence-electron chi connectivity index (χ4n) is 8.80. The minimum absolute atomic E-state index is 0.0549. The first-order valence-electron chi connectivity index (χ1n) is 17.8. The van der Waals surface area contributed by atoms with Gasteiger partial charge in [-0.3, -0.25) is 4.79 Å². The zero-order valence-electron chi connectivity index (χ0n) is 30.5. The molecule has 5 aliphatic heterocycles. The number of nitrogens with one attached hydrogen (secondary N) is 1. The lowest BCUT2D eigenvalue weighted by atomic mass is 9.54. The Bertz CT molecular complexity index is 2340. The molecule has 2 aliphatic carbocycles. The van der Waals surface area contributed by atoms with Gasteiger partial charge in [-0.05, 0) is 86.1 Å². The SMILES string of the molecule is CCC1=C(C)C2=NC1=CC1=C(C)C3=C(O)CC(=C4NC(=CC5=NC(=C2)C(C2C=CCC(C#N)(C#N)C2(C#N)C#N)=C5C)[C@@H](C)[C@@H]4CCC(=O)OC)C3=N1. The normalized spacial score (nSPS) is 26.2. The second kappa shape index (κ2) is 12.7. The van der Waals surface area contributed by atoms with Crippen LogP contribution in [0.25, 0.3) is 0 Å². The molecular formula is C42H38N8O3. The summed E-state index contributed by atoms with van der Waals surface area (Å²) in [5, 5.41) is 57.0. The van der Waals surface area contributed by atoms with Crippen LogP contribution in [0.3, 0.4) is 0 Å². The monoisotopic (exact) mass is 702 g/mol. The van der Waals surface area contributed by atoms with Crippen molar-refractivity contribution in [1.82, 2.24) is 5.32 Å². The summed E-state index contributed by atoms with van der Waals surface area (Å²) in [7, 11) is 1.37. The summed E-state index contributed by atoms with van der Waals surface area (Å²) in [6, 6.07) is 8.33. The third kappa shape index (κ3) is 4.96. The fourth-order valence-corrected chi connectivity index (χ4v) is 8.80. The molecule has 2 N–H and O–H groups in total. The topological polar surface area (TPSA) is 191 Å². The number of fused-ring (bicyclic) bond motifs is 5. The second-order valence-electron chi connectivity index (χ2n) is 14.4. The van der Waals surface area contributed by atoms with Crippen LogP contribution in [0.5, 0.6) is 0 Å². The summed E-state index contributed by atoms with van der Waals surface area (Å²) in [4.78, 5) is 27.7. The van der Waals surface area contributed by atoms with Gasteiger partial charge in [-0.2, -0.15) is 21.0 Å². The maximum atomic E-state index is 12.4. The van der Waals surface area contributed by atoms with Gasteiger partial charge in [0.1, 0.15) is 5.76 Å². The lowest BCUT2D eigenvalue weighted by molar-refractivity contribution is -0.140. The maximum Gasteiger partial charge on any atom is 0.305 e. The molecule has 11 heteroatoms. The maximum absolute atomic E-state index is 12.4. The van der Waals surface area contributed by atoms with E-state index in [9.17, 15) is 30.9 Å². The minimum Gasteiger partial charge on any atom is -0.511 e. The predicted octanol–water partition coefficient (Wildman–Crippen LogP) is 7.25. The minimum atomic E-state index is -2.02. The van der Waals surface area contributed by atoms with Crippen LogP contribution in [-0.4, -0.2) is 35.3 Å². The predicted molar refractivity (Wildman–Crippen MR) is 198 cm³/mol. The van der Waals surface area contributed by atoms with E-state index in [4.69, 9.17) is 19.7 Å². The Balaban J connectivity index is 1.50. The van der Waals surface area contributed by atoms with E-state index in [1.165, 1.54) is 7.11 Å². The Morgan fingerprint density at radius 1 is 0.981 bits per heavy atom. The zero-order chi connectivity index (χ0) is 38.0. The summed E-state index contributed by atoms with van der Waals surface area (Å²) >= 11 is 0. The molecule has 0 saturated carbocycles. The second-order valence-corrected chi connectivity index (χ2v) is 14.4. The lowest BCUT2D eigenvalue weighted by Crippen LogP contribution is -2.46. The molecular weight excluding hydrogens is 665 g/mol. The van der Waals surface area contributed by atoms with Gasteiger partial charge in [0.05, 0.1) is 65.6 Å². The highest BCUT2D eigenvalue weighted by Gasteiger charge is 2.61. The fraction of sp³-hybridized carbons (Fsp3) is 0.381. The molecule has 3 atom stereocenters. The Labute approximate surface area is 308 Å². The van der Waals surface area contributed by atoms with E-state index < -0.39 is 16.7 Å². The Hall–Kier alpha value is -6.30. The van der Waals surface area contributed by atoms with Crippen molar-refractivity contribution in [1.29, 1.82) is 21.0 Å². The number of methoxy groups -OCH3 is 1. The van der Waals surface area contributed by atoms with E-state index in [1.54, 1.807) is 12.2 Å². The van der Waals surface area contributed by atoms with Crippen molar-refractivity contribution in [3.8, 4) is 24.3 Å². The lowest BCUT2D eigenvalue weighted by Gasteiger charge is -2.39. The molecule has 1 saturated heterocycles. The average molecular weight is 703 g/mol. The van der Waals surface area contributed by atoms with Crippen LogP contribution in [-0.2, 0) is 9.53 Å². The summed E-state index contributed by atoms with van der Waals surface area (Å²) in [5.41, 5.74) is 7.36. The average Bonchev–Trinajstić information content (AvgIpc) is 3.92. The van der Waals surface area contributed by atoms with Crippen LogP contribution in [0, 0.1) is 73.9 Å². The number of allylic oxidation sites excluding steroid dienone is 14. The van der Waals surface area contributed by atoms with Gasteiger partial charge in [-0.25, -0.2) is 15.0 Å². The van der Waals surface area contributed by atoms with Crippen molar-refractivity contribution >= 4 is 23.1 Å². The molecule has 264 valence electrons. The van der Waals surface area contributed by atoms with Crippen molar-refractivity contribution in [2.24, 2.45) is 43.6 Å². The first-order valence-corrected chi connectivity index (χ1v) is 17.8. The van der Waals surface area contributed by atoms with E-state index in [0.717, 1.165) is 45.0 Å². The molecule has 0 aromatic rings. The number of hydrogen-bond acceptors (Lipinski definition) is 11. The molecule has 8 bridgehead atoms. The summed E-state index contributed by atoms with van der Waals surface area (Å²) < 4.78 is 5.00. The molecule has 0 aromatic heterocycles. The molecule has 0 amide bonds. The van der Waals surface area contributed by atoms with E-state index in [-0.39, 0.29) is 36.4 Å². The van der Waals surface area contributed by atoms with E-state index in [1.807, 2.05) is 51.1 Å². The number of hydrogen-bond donors (Lipinski definition) is 2. The molecule has 1 unspecified atom stereocenters. The quantitative estimate of drug-likeness (QED) is 0.221. The molecule has 0 aromatic carbocycles. The van der Waals surface area contributed by atoms with Crippen LogP contribution in [0.2, 0.25) is 0 Å². The number of aliphatic imine (C=N–C) groups is 3. The third-order valence-corrected chi connectivity index (χ3v) is 11.9. The van der Waals surface area contributed by atoms with Gasteiger partial charge in [-0.15, -0.1) is 0 Å². The van der Waals surface area contributed by atoms with Crippen LogP contribution < -0.4 is 5.32 Å². The highest BCUT2D eigenvalue weighted by Crippen LogP contribution is 2.55. The number of aliphatic hydroxyl groups excluding tert-OH is 1. The Kier molecular flexibility index (Phi) is 8.43. The van der Waals surface area contributed by atoms with Gasteiger partial charge < -0.3 is 15.2 Å². The van der Waals surface area contributed by atoms with E-state index in [0.29, 0.717) is 58.9 Å². The zero-order valence-corrected chi connectivity index (χ0v) is 30.5. The number of ether oxygens (including phenoxy) is 1. The van der Waals surface area contributed by atoms with E-state index in [2.05, 4.69) is 31.3 Å². The van der Waals surface area contributed by atoms with E-state index >= 15 is 0 Å². The van der Waals surface area contributed by atoms with Crippen LogP contribution in [0.4, 0.5) is 0 Å². The summed E-state index contributed by atoms with van der Waals surface area (Å²) in [5.74, 6) is -1.26. The molecule has 7 rings (SSSR count). The first kappa shape index (κ1) is 35.1. The third-order valence-electron chi connectivity index (χ3n) is 11.9. The van der Waals surface area contributed by atoms with Gasteiger partial charge >= 0.3 is 5.97 Å². The molecule has 0 radical (unpaired) electrons. The van der Waals surface area contributed by atoms with Crippen molar-refractivity contribution in [2.45, 2.75) is 66.7 Å². The number of carbonyl (C=O) groups excluding carboxylic acids is 1. The molecule has 1 fully saturated rings.